The fourth-order valence-electron chi connectivity index (χ4n) is 2.63. The van der Waals surface area contributed by atoms with Gasteiger partial charge in [-0.2, -0.15) is 4.31 Å². The molecule has 1 aliphatic rings. The Labute approximate surface area is 144 Å². The molecule has 0 unspecified atom stereocenters. The van der Waals surface area contributed by atoms with E-state index in [0.717, 1.165) is 6.07 Å². The summed E-state index contributed by atoms with van der Waals surface area (Å²) < 4.78 is 31.3. The molecule has 10 heteroatoms. The number of nitrogens with zero attached hydrogens (tertiary/aromatic N) is 2. The summed E-state index contributed by atoms with van der Waals surface area (Å²) in [4.78, 5) is 21.7. The van der Waals surface area contributed by atoms with E-state index in [-0.39, 0.29) is 46.1 Å². The maximum atomic E-state index is 12.7. The second-order valence-electron chi connectivity index (χ2n) is 5.51. The quantitative estimate of drug-likeness (QED) is 0.452. The van der Waals surface area contributed by atoms with Gasteiger partial charge in [0.1, 0.15) is 0 Å². The van der Waals surface area contributed by atoms with E-state index in [1.54, 1.807) is 0 Å². The average molecular weight is 377 g/mol. The number of nitro groups is 1. The molecule has 2 rings (SSSR count). The number of rotatable bonds is 4. The monoisotopic (exact) mass is 376 g/mol. The van der Waals surface area contributed by atoms with Crippen LogP contribution in [0.1, 0.15) is 18.4 Å². The summed E-state index contributed by atoms with van der Waals surface area (Å²) in [5.41, 5.74) is -0.129. The number of piperidine rings is 1. The Morgan fingerprint density at radius 2 is 1.96 bits per heavy atom. The van der Waals surface area contributed by atoms with Crippen LogP contribution in [0.2, 0.25) is 5.02 Å². The van der Waals surface area contributed by atoms with E-state index in [1.165, 1.54) is 24.4 Å². The Bertz CT molecular complexity index is 772. The first-order valence-corrected chi connectivity index (χ1v) is 9.02. The SMILES string of the molecule is COC(=O)C1CCN(S(=O)(=O)c2cc(Cl)c(C)c([N+](=O)[O-])c2)CC1. The van der Waals surface area contributed by atoms with Gasteiger partial charge in [0.15, 0.2) is 0 Å². The Morgan fingerprint density at radius 3 is 2.46 bits per heavy atom. The molecule has 0 radical (unpaired) electrons. The predicted molar refractivity (Wildman–Crippen MR) is 86.3 cm³/mol. The van der Waals surface area contributed by atoms with Crippen molar-refractivity contribution >= 4 is 33.3 Å². The molecule has 1 heterocycles. The lowest BCUT2D eigenvalue weighted by Gasteiger charge is -2.29. The van der Waals surface area contributed by atoms with Crippen LogP contribution < -0.4 is 0 Å². The number of hydrogen-bond donors (Lipinski definition) is 0. The summed E-state index contributed by atoms with van der Waals surface area (Å²) >= 11 is 5.94. The van der Waals surface area contributed by atoms with E-state index in [2.05, 4.69) is 4.74 Å². The lowest BCUT2D eigenvalue weighted by Crippen LogP contribution is -2.40. The number of sulfonamides is 1. The minimum absolute atomic E-state index is 0.0206. The van der Waals surface area contributed by atoms with Crippen LogP contribution in [0.5, 0.6) is 0 Å². The van der Waals surface area contributed by atoms with E-state index < -0.39 is 14.9 Å². The molecule has 1 aliphatic heterocycles. The van der Waals surface area contributed by atoms with Gasteiger partial charge in [-0.3, -0.25) is 14.9 Å². The highest BCUT2D eigenvalue weighted by Crippen LogP contribution is 2.32. The molecule has 0 bridgehead atoms. The van der Waals surface area contributed by atoms with E-state index in [9.17, 15) is 23.3 Å². The molecule has 0 spiro atoms. The minimum Gasteiger partial charge on any atom is -0.469 e. The van der Waals surface area contributed by atoms with Gasteiger partial charge in [-0.05, 0) is 25.8 Å². The van der Waals surface area contributed by atoms with Crippen LogP contribution in [0.25, 0.3) is 0 Å². The van der Waals surface area contributed by atoms with Gasteiger partial charge in [0.25, 0.3) is 5.69 Å². The molecule has 0 amide bonds. The standard InChI is InChI=1S/C14H17ClN2O6S/c1-9-12(15)7-11(8-13(9)17(19)20)24(21,22)16-5-3-10(4-6-16)14(18)23-2/h7-8,10H,3-6H2,1-2H3. The molecular formula is C14H17ClN2O6S. The molecule has 1 fully saturated rings. The van der Waals surface area contributed by atoms with Gasteiger partial charge in [0, 0.05) is 24.7 Å². The van der Waals surface area contributed by atoms with Crippen LogP contribution in [-0.2, 0) is 19.6 Å². The number of nitro benzene ring substituents is 1. The second-order valence-corrected chi connectivity index (χ2v) is 7.85. The van der Waals surface area contributed by atoms with Crippen molar-refractivity contribution in [3.63, 3.8) is 0 Å². The van der Waals surface area contributed by atoms with Crippen LogP contribution in [-0.4, -0.2) is 43.8 Å². The molecule has 24 heavy (non-hydrogen) atoms. The molecule has 1 aromatic rings. The zero-order chi connectivity index (χ0) is 18.1. The summed E-state index contributed by atoms with van der Waals surface area (Å²) in [7, 11) is -2.63. The Morgan fingerprint density at radius 1 is 1.38 bits per heavy atom. The molecule has 132 valence electrons. The number of benzene rings is 1. The van der Waals surface area contributed by atoms with Crippen molar-refractivity contribution < 1.29 is 22.9 Å². The predicted octanol–water partition coefficient (Wildman–Crippen LogP) is 2.13. The van der Waals surface area contributed by atoms with Gasteiger partial charge >= 0.3 is 5.97 Å². The number of ether oxygens (including phenoxy) is 1. The normalized spacial score (nSPS) is 16.8. The fraction of sp³-hybridized carbons (Fsp3) is 0.500. The van der Waals surface area contributed by atoms with Crippen molar-refractivity contribution in [3.8, 4) is 0 Å². The van der Waals surface area contributed by atoms with Gasteiger partial charge in [-0.15, -0.1) is 0 Å². The highest BCUT2D eigenvalue weighted by Gasteiger charge is 2.33. The van der Waals surface area contributed by atoms with E-state index >= 15 is 0 Å². The Kier molecular flexibility index (Phi) is 5.46. The van der Waals surface area contributed by atoms with Crippen molar-refractivity contribution in [3.05, 3.63) is 32.8 Å². The lowest BCUT2D eigenvalue weighted by molar-refractivity contribution is -0.385. The summed E-state index contributed by atoms with van der Waals surface area (Å²) in [5.74, 6) is -0.696. The highest BCUT2D eigenvalue weighted by molar-refractivity contribution is 7.89. The molecular weight excluding hydrogens is 360 g/mol. The van der Waals surface area contributed by atoms with Crippen molar-refractivity contribution in [2.45, 2.75) is 24.7 Å². The van der Waals surface area contributed by atoms with E-state index in [4.69, 9.17) is 11.6 Å². The van der Waals surface area contributed by atoms with Crippen molar-refractivity contribution in [1.82, 2.24) is 4.31 Å². The number of hydrogen-bond acceptors (Lipinski definition) is 6. The Hall–Kier alpha value is -1.71. The molecule has 0 aliphatic carbocycles. The molecule has 1 saturated heterocycles. The molecule has 0 atom stereocenters. The average Bonchev–Trinajstić information content (AvgIpc) is 2.56. The van der Waals surface area contributed by atoms with E-state index in [0.29, 0.717) is 12.8 Å². The van der Waals surface area contributed by atoms with Gasteiger partial charge < -0.3 is 4.74 Å². The van der Waals surface area contributed by atoms with Crippen molar-refractivity contribution in [2.75, 3.05) is 20.2 Å². The van der Waals surface area contributed by atoms with Crippen LogP contribution in [0.4, 0.5) is 5.69 Å². The topological polar surface area (TPSA) is 107 Å². The number of methoxy groups -OCH3 is 1. The summed E-state index contributed by atoms with van der Waals surface area (Å²) in [6.07, 6.45) is 0.682. The van der Waals surface area contributed by atoms with Gasteiger partial charge in [0.2, 0.25) is 10.0 Å². The third-order valence-corrected chi connectivity index (χ3v) is 6.38. The zero-order valence-corrected chi connectivity index (χ0v) is 14.8. The third-order valence-electron chi connectivity index (χ3n) is 4.11. The number of carbonyl (C=O) groups excluding carboxylic acids is 1. The lowest BCUT2D eigenvalue weighted by atomic mass is 9.99. The van der Waals surface area contributed by atoms with Crippen LogP contribution in [0.15, 0.2) is 17.0 Å². The fourth-order valence-corrected chi connectivity index (χ4v) is 4.42. The molecule has 8 nitrogen and oxygen atoms in total. The largest absolute Gasteiger partial charge is 0.469 e. The first-order valence-electron chi connectivity index (χ1n) is 7.21. The first-order chi connectivity index (χ1) is 11.2. The molecule has 0 aromatic heterocycles. The number of carbonyl (C=O) groups is 1. The second kappa shape index (κ2) is 7.04. The summed E-state index contributed by atoms with van der Waals surface area (Å²) in [6, 6.07) is 2.23. The van der Waals surface area contributed by atoms with E-state index in [1.807, 2.05) is 0 Å². The molecule has 0 saturated carbocycles. The third kappa shape index (κ3) is 3.52. The summed E-state index contributed by atoms with van der Waals surface area (Å²) in [6.45, 7) is 1.74. The first kappa shape index (κ1) is 18.6. The van der Waals surface area contributed by atoms with Gasteiger partial charge in [-0.25, -0.2) is 8.42 Å². The summed E-state index contributed by atoms with van der Waals surface area (Å²) in [5, 5.41) is 11.1. The van der Waals surface area contributed by atoms with Crippen molar-refractivity contribution in [2.24, 2.45) is 5.92 Å². The van der Waals surface area contributed by atoms with Crippen LogP contribution in [0.3, 0.4) is 0 Å². The number of halogens is 1. The van der Waals surface area contributed by atoms with Gasteiger partial charge in [0.05, 0.1) is 27.9 Å². The highest BCUT2D eigenvalue weighted by atomic mass is 35.5. The van der Waals surface area contributed by atoms with Crippen LogP contribution >= 0.6 is 11.6 Å². The maximum Gasteiger partial charge on any atom is 0.308 e. The Balaban J connectivity index is 2.29. The minimum atomic E-state index is -3.92. The zero-order valence-electron chi connectivity index (χ0n) is 13.2. The maximum absolute atomic E-state index is 12.7. The van der Waals surface area contributed by atoms with Crippen molar-refractivity contribution in [1.29, 1.82) is 0 Å². The van der Waals surface area contributed by atoms with Crippen LogP contribution in [0, 0.1) is 23.0 Å². The number of esters is 1. The van der Waals surface area contributed by atoms with Gasteiger partial charge in [-0.1, -0.05) is 11.6 Å². The smallest absolute Gasteiger partial charge is 0.308 e. The molecule has 0 N–H and O–H groups in total. The molecule has 1 aromatic carbocycles.